The number of hydrogen-bond donors (Lipinski definition) is 3. The maximum Gasteiger partial charge on any atom is 0.0653 e. The first-order valence-corrected chi connectivity index (χ1v) is 5.59. The molecule has 2 aromatic rings. The van der Waals surface area contributed by atoms with Gasteiger partial charge in [-0.05, 0) is 18.1 Å². The Morgan fingerprint density at radius 2 is 2.38 bits per heavy atom. The molecule has 3 N–H and O–H groups in total. The number of H-pyrrole nitrogens is 1. The van der Waals surface area contributed by atoms with E-state index in [1.165, 1.54) is 5.56 Å². The smallest absolute Gasteiger partial charge is 0.0653 e. The average molecular weight is 219 g/mol. The van der Waals surface area contributed by atoms with Crippen molar-refractivity contribution in [1.82, 2.24) is 15.5 Å². The number of hydrogen-bond acceptors (Lipinski definition) is 3. The fourth-order valence-corrected chi connectivity index (χ4v) is 1.69. The summed E-state index contributed by atoms with van der Waals surface area (Å²) < 4.78 is 0. The zero-order valence-corrected chi connectivity index (χ0v) is 9.40. The van der Waals surface area contributed by atoms with Crippen LogP contribution in [0.3, 0.4) is 0 Å². The van der Waals surface area contributed by atoms with Gasteiger partial charge in [0, 0.05) is 18.0 Å². The molecule has 0 amide bonds. The molecule has 1 aromatic carbocycles. The first-order valence-electron chi connectivity index (χ1n) is 5.59. The van der Waals surface area contributed by atoms with E-state index in [0.29, 0.717) is 0 Å². The van der Waals surface area contributed by atoms with Crippen molar-refractivity contribution in [2.75, 3.05) is 6.61 Å². The number of benzene rings is 1. The number of nitrogens with zero attached hydrogens (tertiary/aromatic N) is 1. The van der Waals surface area contributed by atoms with Crippen molar-refractivity contribution in [3.63, 3.8) is 0 Å². The Morgan fingerprint density at radius 3 is 3.12 bits per heavy atom. The number of aliphatic hydroxyl groups excluding tert-OH is 1. The molecule has 1 aromatic heterocycles. The van der Waals surface area contributed by atoms with Gasteiger partial charge in [0.05, 0.1) is 18.3 Å². The first-order chi connectivity index (χ1) is 7.83. The lowest BCUT2D eigenvalue weighted by Crippen LogP contribution is -2.31. The van der Waals surface area contributed by atoms with Crippen molar-refractivity contribution in [2.45, 2.75) is 25.9 Å². The van der Waals surface area contributed by atoms with Crippen molar-refractivity contribution in [3.8, 4) is 0 Å². The van der Waals surface area contributed by atoms with Crippen LogP contribution in [0.25, 0.3) is 10.9 Å². The summed E-state index contributed by atoms with van der Waals surface area (Å²) in [7, 11) is 0. The molecule has 0 aliphatic carbocycles. The van der Waals surface area contributed by atoms with Gasteiger partial charge in [0.2, 0.25) is 0 Å². The molecule has 0 unspecified atom stereocenters. The Kier molecular flexibility index (Phi) is 3.54. The second-order valence-corrected chi connectivity index (χ2v) is 3.96. The number of aromatic nitrogens is 2. The lowest BCUT2D eigenvalue weighted by Gasteiger charge is -2.13. The largest absolute Gasteiger partial charge is 0.395 e. The van der Waals surface area contributed by atoms with E-state index >= 15 is 0 Å². The second-order valence-electron chi connectivity index (χ2n) is 3.96. The molecular weight excluding hydrogens is 202 g/mol. The molecule has 0 radical (unpaired) electrons. The number of fused-ring (bicyclic) bond motifs is 1. The molecule has 1 heterocycles. The summed E-state index contributed by atoms with van der Waals surface area (Å²) in [6.45, 7) is 3.02. The van der Waals surface area contributed by atoms with E-state index in [1.807, 2.05) is 6.20 Å². The summed E-state index contributed by atoms with van der Waals surface area (Å²) in [6, 6.07) is 6.39. The normalized spacial score (nSPS) is 13.1. The predicted molar refractivity (Wildman–Crippen MR) is 64.1 cm³/mol. The molecule has 1 atom stereocenters. The fraction of sp³-hybridized carbons (Fsp3) is 0.417. The molecule has 16 heavy (non-hydrogen) atoms. The van der Waals surface area contributed by atoms with Crippen molar-refractivity contribution < 1.29 is 5.11 Å². The maximum atomic E-state index is 9.06. The lowest BCUT2D eigenvalue weighted by molar-refractivity contribution is 0.238. The lowest BCUT2D eigenvalue weighted by atomic mass is 10.1. The summed E-state index contributed by atoms with van der Waals surface area (Å²) in [5, 5.41) is 20.4. The van der Waals surface area contributed by atoms with E-state index in [1.54, 1.807) is 0 Å². The van der Waals surface area contributed by atoms with Gasteiger partial charge >= 0.3 is 0 Å². The van der Waals surface area contributed by atoms with E-state index in [-0.39, 0.29) is 12.6 Å². The number of nitrogens with one attached hydrogen (secondary N) is 2. The van der Waals surface area contributed by atoms with Crippen LogP contribution in [0.4, 0.5) is 0 Å². The molecule has 2 rings (SSSR count). The zero-order chi connectivity index (χ0) is 11.4. The van der Waals surface area contributed by atoms with Gasteiger partial charge in [0.15, 0.2) is 0 Å². The van der Waals surface area contributed by atoms with Crippen molar-refractivity contribution in [3.05, 3.63) is 30.0 Å². The summed E-state index contributed by atoms with van der Waals surface area (Å²) >= 11 is 0. The summed E-state index contributed by atoms with van der Waals surface area (Å²) in [5.41, 5.74) is 2.25. The van der Waals surface area contributed by atoms with Crippen molar-refractivity contribution in [1.29, 1.82) is 0 Å². The highest BCUT2D eigenvalue weighted by Gasteiger charge is 2.04. The minimum Gasteiger partial charge on any atom is -0.395 e. The topological polar surface area (TPSA) is 60.9 Å². The number of rotatable bonds is 5. The third-order valence-corrected chi connectivity index (χ3v) is 2.81. The Morgan fingerprint density at radius 1 is 1.50 bits per heavy atom. The van der Waals surface area contributed by atoms with Gasteiger partial charge in [-0.2, -0.15) is 5.10 Å². The average Bonchev–Trinajstić information content (AvgIpc) is 2.77. The van der Waals surface area contributed by atoms with E-state index in [4.69, 9.17) is 5.11 Å². The van der Waals surface area contributed by atoms with Crippen LogP contribution in [0.15, 0.2) is 24.4 Å². The van der Waals surface area contributed by atoms with Gasteiger partial charge in [0.25, 0.3) is 0 Å². The Hall–Kier alpha value is -1.39. The van der Waals surface area contributed by atoms with Crippen LogP contribution in [0.1, 0.15) is 18.9 Å². The molecule has 0 spiro atoms. The molecule has 0 saturated carbocycles. The molecular formula is C12H17N3O. The van der Waals surface area contributed by atoms with Gasteiger partial charge in [-0.3, -0.25) is 5.10 Å². The second kappa shape index (κ2) is 5.09. The van der Waals surface area contributed by atoms with E-state index in [0.717, 1.165) is 23.9 Å². The highest BCUT2D eigenvalue weighted by atomic mass is 16.3. The van der Waals surface area contributed by atoms with Crippen LogP contribution < -0.4 is 5.32 Å². The molecule has 4 heteroatoms. The monoisotopic (exact) mass is 219 g/mol. The summed E-state index contributed by atoms with van der Waals surface area (Å²) in [6.07, 6.45) is 2.75. The van der Waals surface area contributed by atoms with E-state index in [9.17, 15) is 0 Å². The Balaban J connectivity index is 2.03. The van der Waals surface area contributed by atoms with E-state index in [2.05, 4.69) is 40.6 Å². The third kappa shape index (κ3) is 2.40. The first kappa shape index (κ1) is 11.1. The SMILES string of the molecule is CC[C@H](CO)NCc1ccc2cn[nH]c2c1. The molecule has 0 aliphatic heterocycles. The molecule has 86 valence electrons. The van der Waals surface area contributed by atoms with Gasteiger partial charge < -0.3 is 10.4 Å². The minimum absolute atomic E-state index is 0.178. The Labute approximate surface area is 94.7 Å². The predicted octanol–water partition coefficient (Wildman–Crippen LogP) is 1.42. The minimum atomic E-state index is 0.178. The van der Waals surface area contributed by atoms with Gasteiger partial charge in [-0.15, -0.1) is 0 Å². The summed E-state index contributed by atoms with van der Waals surface area (Å²) in [5.74, 6) is 0. The molecule has 0 saturated heterocycles. The zero-order valence-electron chi connectivity index (χ0n) is 9.40. The van der Waals surface area contributed by atoms with E-state index < -0.39 is 0 Å². The van der Waals surface area contributed by atoms with Gasteiger partial charge in [-0.1, -0.05) is 19.1 Å². The van der Waals surface area contributed by atoms with Crippen LogP contribution in [0, 0.1) is 0 Å². The molecule has 0 bridgehead atoms. The van der Waals surface area contributed by atoms with Crippen LogP contribution in [-0.4, -0.2) is 28.0 Å². The van der Waals surface area contributed by atoms with Crippen LogP contribution >= 0.6 is 0 Å². The van der Waals surface area contributed by atoms with Gasteiger partial charge in [-0.25, -0.2) is 0 Å². The van der Waals surface area contributed by atoms with Crippen LogP contribution in [0.2, 0.25) is 0 Å². The highest BCUT2D eigenvalue weighted by Crippen LogP contribution is 2.12. The summed E-state index contributed by atoms with van der Waals surface area (Å²) in [4.78, 5) is 0. The maximum absolute atomic E-state index is 9.06. The van der Waals surface area contributed by atoms with Crippen LogP contribution in [-0.2, 0) is 6.54 Å². The van der Waals surface area contributed by atoms with Gasteiger partial charge in [0.1, 0.15) is 0 Å². The van der Waals surface area contributed by atoms with Crippen LogP contribution in [0.5, 0.6) is 0 Å². The Bertz CT molecular complexity index is 448. The highest BCUT2D eigenvalue weighted by molar-refractivity contribution is 5.78. The molecule has 4 nitrogen and oxygen atoms in total. The standard InChI is InChI=1S/C12H17N3O/c1-2-11(8-16)13-6-9-3-4-10-7-14-15-12(10)5-9/h3-5,7,11,13,16H,2,6,8H2,1H3,(H,14,15)/t11-/m1/s1. The van der Waals surface area contributed by atoms with Crippen molar-refractivity contribution in [2.24, 2.45) is 0 Å². The fourth-order valence-electron chi connectivity index (χ4n) is 1.69. The quantitative estimate of drug-likeness (QED) is 0.712. The number of aromatic amines is 1. The van der Waals surface area contributed by atoms with Crippen molar-refractivity contribution >= 4 is 10.9 Å². The third-order valence-electron chi connectivity index (χ3n) is 2.81. The molecule has 0 fully saturated rings. The molecule has 0 aliphatic rings. The number of aliphatic hydroxyl groups is 1.